The zero-order valence-corrected chi connectivity index (χ0v) is 21.1. The normalized spacial score (nSPS) is 12.2. The van der Waals surface area contributed by atoms with E-state index in [1.807, 2.05) is 12.2 Å². The van der Waals surface area contributed by atoms with E-state index in [9.17, 15) is 8.78 Å². The second-order valence-corrected chi connectivity index (χ2v) is 15.2. The minimum Gasteiger partial charge on any atom is -0.247 e. The summed E-state index contributed by atoms with van der Waals surface area (Å²) < 4.78 is 23.5. The van der Waals surface area contributed by atoms with Crippen LogP contribution in [0.15, 0.2) is 24.3 Å². The van der Waals surface area contributed by atoms with Gasteiger partial charge in [-0.3, -0.25) is 0 Å². The molecule has 5 heteroatoms. The van der Waals surface area contributed by atoms with Crippen molar-refractivity contribution in [2.75, 3.05) is 25.7 Å². The molecular weight excluding hydrogens is 447 g/mol. The molecule has 0 fully saturated rings. The Bertz CT molecular complexity index is 282. The summed E-state index contributed by atoms with van der Waals surface area (Å²) in [6.07, 6.45) is 9.52. The largest absolute Gasteiger partial charge is 0.247 e. The van der Waals surface area contributed by atoms with Gasteiger partial charge in [-0.1, -0.05) is 12.2 Å². The van der Waals surface area contributed by atoms with E-state index in [-0.39, 0.29) is 49.6 Å². The molecule has 0 aromatic rings. The average molecular weight is 489 g/mol. The van der Waals surface area contributed by atoms with Crippen LogP contribution < -0.4 is 0 Å². The van der Waals surface area contributed by atoms with Gasteiger partial charge in [0, 0.05) is 36.3 Å². The number of allylic oxidation sites excluding steroid dienone is 4. The van der Waals surface area contributed by atoms with Gasteiger partial charge in [-0.15, -0.1) is 0 Å². The van der Waals surface area contributed by atoms with Crippen molar-refractivity contribution in [3.63, 3.8) is 0 Å². The summed E-state index contributed by atoms with van der Waals surface area (Å²) in [5.74, 6) is 0. The van der Waals surface area contributed by atoms with Gasteiger partial charge in [-0.05, 0) is 67.5 Å². The Morgan fingerprint density at radius 2 is 0.800 bits per heavy atom. The standard InChI is InChI=1S/2C10H20FP.Pd/c2*1-9(2)12(10(3)4)8-6-5-7-11;/h2*5-6,9-10H,7-8H2,1-4H3;/p+2. The van der Waals surface area contributed by atoms with Gasteiger partial charge in [-0.2, -0.15) is 0 Å². The van der Waals surface area contributed by atoms with Crippen molar-refractivity contribution in [3.8, 4) is 0 Å². The van der Waals surface area contributed by atoms with Crippen molar-refractivity contribution in [1.29, 1.82) is 0 Å². The third-order valence-corrected chi connectivity index (χ3v) is 11.5. The Kier molecular flexibility index (Phi) is 24.0. The van der Waals surface area contributed by atoms with Crippen LogP contribution in [0.2, 0.25) is 0 Å². The molecule has 0 aromatic heterocycles. The maximum atomic E-state index is 11.8. The molecule has 154 valence electrons. The van der Waals surface area contributed by atoms with Gasteiger partial charge in [0.2, 0.25) is 0 Å². The first-order chi connectivity index (χ1) is 11.2. The molecule has 0 spiro atoms. The van der Waals surface area contributed by atoms with Crippen LogP contribution in [0.3, 0.4) is 0 Å². The summed E-state index contributed by atoms with van der Waals surface area (Å²) in [5, 5.41) is 0. The minimum absolute atomic E-state index is 0. The number of hydrogen-bond acceptors (Lipinski definition) is 0. The molecule has 0 bridgehead atoms. The molecule has 0 heterocycles. The third kappa shape index (κ3) is 18.0. The summed E-state index contributed by atoms with van der Waals surface area (Å²) >= 11 is 0. The van der Waals surface area contributed by atoms with Gasteiger partial charge in [-0.25, -0.2) is 8.78 Å². The molecule has 0 unspecified atom stereocenters. The summed E-state index contributed by atoms with van der Waals surface area (Å²) in [7, 11) is -0.609. The van der Waals surface area contributed by atoms with E-state index in [0.29, 0.717) is 0 Å². The number of rotatable bonds is 10. The maximum absolute atomic E-state index is 11.8. The fourth-order valence-corrected chi connectivity index (χ4v) is 8.27. The van der Waals surface area contributed by atoms with Crippen LogP contribution in [-0.4, -0.2) is 48.3 Å². The van der Waals surface area contributed by atoms with Crippen molar-refractivity contribution in [2.45, 2.75) is 78.0 Å². The third-order valence-electron chi connectivity index (χ3n) is 4.18. The van der Waals surface area contributed by atoms with Gasteiger partial charge in [0.1, 0.15) is 13.3 Å². The van der Waals surface area contributed by atoms with Crippen molar-refractivity contribution in [2.24, 2.45) is 0 Å². The Labute approximate surface area is 172 Å². The van der Waals surface area contributed by atoms with Gasteiger partial charge < -0.3 is 0 Å². The quantitative estimate of drug-likeness (QED) is 0.175. The molecule has 0 saturated heterocycles. The topological polar surface area (TPSA) is 0 Å². The van der Waals surface area contributed by atoms with Crippen molar-refractivity contribution in [1.82, 2.24) is 0 Å². The molecule has 0 aromatic carbocycles. The smallest absolute Gasteiger partial charge is 0.108 e. The van der Waals surface area contributed by atoms with Crippen LogP contribution in [-0.2, 0) is 20.4 Å². The SMILES string of the molecule is CC(C)[PH+](CC=CCF)C(C)C.CC(C)[PH+](CC=CCF)C(C)C.[Pd]. The fourth-order valence-electron chi connectivity index (χ4n) is 2.84. The van der Waals surface area contributed by atoms with Gasteiger partial charge in [0.25, 0.3) is 0 Å². The van der Waals surface area contributed by atoms with E-state index in [1.165, 1.54) is 0 Å². The van der Waals surface area contributed by atoms with Crippen LogP contribution in [0.1, 0.15) is 55.4 Å². The van der Waals surface area contributed by atoms with Crippen LogP contribution in [0.25, 0.3) is 0 Å². The first-order valence-electron chi connectivity index (χ1n) is 9.31. The molecule has 0 saturated carbocycles. The fraction of sp³-hybridized carbons (Fsp3) is 0.800. The predicted molar refractivity (Wildman–Crippen MR) is 117 cm³/mol. The van der Waals surface area contributed by atoms with Gasteiger partial charge in [0.05, 0.1) is 35.0 Å². The average Bonchev–Trinajstić information content (AvgIpc) is 2.47. The van der Waals surface area contributed by atoms with E-state index in [4.69, 9.17) is 0 Å². The van der Waals surface area contributed by atoms with Crippen LogP contribution >= 0.6 is 15.8 Å². The second-order valence-electron chi connectivity index (χ2n) is 7.43. The molecule has 0 N–H and O–H groups in total. The summed E-state index contributed by atoms with van der Waals surface area (Å²) in [5.41, 5.74) is 3.16. The van der Waals surface area contributed by atoms with E-state index < -0.39 is 0 Å². The number of halogens is 2. The molecular formula is C20H42F2P2Pd+2. The molecule has 0 radical (unpaired) electrons. The van der Waals surface area contributed by atoms with Gasteiger partial charge in [0.15, 0.2) is 0 Å². The van der Waals surface area contributed by atoms with Crippen molar-refractivity contribution < 1.29 is 29.2 Å². The van der Waals surface area contributed by atoms with Crippen LogP contribution in [0.5, 0.6) is 0 Å². The van der Waals surface area contributed by atoms with Crippen LogP contribution in [0.4, 0.5) is 8.78 Å². The summed E-state index contributed by atoms with van der Waals surface area (Å²) in [6.45, 7) is 17.6. The second kappa shape index (κ2) is 19.6. The molecule has 0 aliphatic rings. The van der Waals surface area contributed by atoms with Crippen molar-refractivity contribution >= 4 is 15.8 Å². The summed E-state index contributed by atoms with van der Waals surface area (Å²) in [4.78, 5) is 0. The number of alkyl halides is 2. The molecule has 0 aliphatic carbocycles. The summed E-state index contributed by atoms with van der Waals surface area (Å²) in [6, 6.07) is 0. The van der Waals surface area contributed by atoms with E-state index in [2.05, 4.69) is 55.4 Å². The molecule has 0 rings (SSSR count). The first kappa shape index (κ1) is 30.6. The van der Waals surface area contributed by atoms with E-state index in [1.54, 1.807) is 12.2 Å². The Hall–Kier alpha value is 0.862. The molecule has 0 atom stereocenters. The first-order valence-corrected chi connectivity index (χ1v) is 13.0. The van der Waals surface area contributed by atoms with Crippen LogP contribution in [0, 0.1) is 0 Å². The molecule has 0 nitrogen and oxygen atoms in total. The Morgan fingerprint density at radius 1 is 0.560 bits per heavy atom. The van der Waals surface area contributed by atoms with E-state index >= 15 is 0 Å². The molecule has 25 heavy (non-hydrogen) atoms. The molecule has 0 amide bonds. The monoisotopic (exact) mass is 488 g/mol. The zero-order chi connectivity index (χ0) is 19.1. The predicted octanol–water partition coefficient (Wildman–Crippen LogP) is 7.08. The maximum Gasteiger partial charge on any atom is 0.108 e. The molecule has 0 aliphatic heterocycles. The van der Waals surface area contributed by atoms with Crippen molar-refractivity contribution in [3.05, 3.63) is 24.3 Å². The Morgan fingerprint density at radius 3 is 0.960 bits per heavy atom. The van der Waals surface area contributed by atoms with E-state index in [0.717, 1.165) is 35.0 Å². The number of hydrogen-bond donors (Lipinski definition) is 0. The minimum atomic E-state index is -0.314. The zero-order valence-electron chi connectivity index (χ0n) is 17.5. The Balaban J connectivity index is -0.000000372. The van der Waals surface area contributed by atoms with Gasteiger partial charge >= 0.3 is 0 Å².